The van der Waals surface area contributed by atoms with E-state index in [-0.39, 0.29) is 23.3 Å². The fourth-order valence-corrected chi connectivity index (χ4v) is 3.14. The summed E-state index contributed by atoms with van der Waals surface area (Å²) >= 11 is 0. The lowest BCUT2D eigenvalue weighted by molar-refractivity contribution is 0.0581. The van der Waals surface area contributed by atoms with E-state index in [1.54, 1.807) is 11.0 Å². The molecule has 0 spiro atoms. The normalized spacial score (nSPS) is 18.8. The van der Waals surface area contributed by atoms with Crippen LogP contribution in [0.4, 0.5) is 0 Å². The molecule has 2 aromatic heterocycles. The molecule has 1 amide bonds. The maximum absolute atomic E-state index is 13.0. The number of hydrogen-bond donors (Lipinski definition) is 0. The molecule has 0 aliphatic carbocycles. The van der Waals surface area contributed by atoms with Crippen LogP contribution in [0, 0.1) is 0 Å². The summed E-state index contributed by atoms with van der Waals surface area (Å²) in [6.07, 6.45) is 8.47. The Kier molecular flexibility index (Phi) is 4.43. The molecule has 1 atom stereocenters. The number of nitrogens with zero attached hydrogens (tertiary/aromatic N) is 6. The van der Waals surface area contributed by atoms with Gasteiger partial charge >= 0.3 is 0 Å². The van der Waals surface area contributed by atoms with Gasteiger partial charge in [0.2, 0.25) is 5.82 Å². The summed E-state index contributed by atoms with van der Waals surface area (Å²) in [5.41, 5.74) is -0.189. The van der Waals surface area contributed by atoms with Crippen LogP contribution < -0.4 is 0 Å². The summed E-state index contributed by atoms with van der Waals surface area (Å²) in [6, 6.07) is 0.00258. The van der Waals surface area contributed by atoms with Gasteiger partial charge in [0, 0.05) is 25.5 Å². The highest BCUT2D eigenvalue weighted by molar-refractivity contribution is 5.90. The summed E-state index contributed by atoms with van der Waals surface area (Å²) in [5, 5.41) is 4.40. The van der Waals surface area contributed by atoms with Crippen molar-refractivity contribution < 1.29 is 4.79 Å². The molecule has 7 heteroatoms. The Bertz CT molecular complexity index is 711. The van der Waals surface area contributed by atoms with Crippen molar-refractivity contribution in [2.45, 2.75) is 65.1 Å². The lowest BCUT2D eigenvalue weighted by Gasteiger charge is -2.34. The highest BCUT2D eigenvalue weighted by Crippen LogP contribution is 2.31. The predicted molar refractivity (Wildman–Crippen MR) is 90.5 cm³/mol. The van der Waals surface area contributed by atoms with Crippen LogP contribution in [0.25, 0.3) is 0 Å². The fourth-order valence-electron chi connectivity index (χ4n) is 3.14. The number of hydrogen-bond acceptors (Lipinski definition) is 4. The summed E-state index contributed by atoms with van der Waals surface area (Å²) in [5.74, 6) is 1.13. The van der Waals surface area contributed by atoms with Gasteiger partial charge in [-0.1, -0.05) is 0 Å². The third-order valence-corrected chi connectivity index (χ3v) is 4.52. The van der Waals surface area contributed by atoms with Crippen LogP contribution in [-0.2, 0) is 12.1 Å². The lowest BCUT2D eigenvalue weighted by atomic mass is 10.0. The van der Waals surface area contributed by atoms with E-state index in [1.807, 2.05) is 38.1 Å². The first-order valence-corrected chi connectivity index (χ1v) is 8.66. The zero-order chi connectivity index (χ0) is 17.3. The van der Waals surface area contributed by atoms with E-state index in [0.29, 0.717) is 0 Å². The molecule has 0 saturated carbocycles. The Morgan fingerprint density at radius 3 is 2.75 bits per heavy atom. The van der Waals surface area contributed by atoms with Crippen molar-refractivity contribution in [3.63, 3.8) is 0 Å². The van der Waals surface area contributed by atoms with Crippen molar-refractivity contribution in [3.05, 3.63) is 30.4 Å². The predicted octanol–water partition coefficient (Wildman–Crippen LogP) is 2.62. The van der Waals surface area contributed by atoms with Crippen LogP contribution in [0.5, 0.6) is 0 Å². The van der Waals surface area contributed by atoms with E-state index in [2.05, 4.69) is 26.6 Å². The van der Waals surface area contributed by atoms with E-state index in [0.717, 1.165) is 38.2 Å². The molecule has 1 aliphatic heterocycles. The molecule has 130 valence electrons. The van der Waals surface area contributed by atoms with E-state index in [9.17, 15) is 4.79 Å². The molecule has 0 radical (unpaired) electrons. The van der Waals surface area contributed by atoms with Crippen molar-refractivity contribution in [3.8, 4) is 0 Å². The zero-order valence-electron chi connectivity index (χ0n) is 14.9. The molecule has 1 aliphatic rings. The smallest absolute Gasteiger partial charge is 0.294 e. The van der Waals surface area contributed by atoms with Crippen LogP contribution in [0.1, 0.15) is 69.4 Å². The number of aryl methyl sites for hydroxylation is 1. The highest BCUT2D eigenvalue weighted by atomic mass is 16.2. The Balaban J connectivity index is 1.88. The first-order chi connectivity index (χ1) is 11.4. The third kappa shape index (κ3) is 3.07. The van der Waals surface area contributed by atoms with Gasteiger partial charge in [-0.2, -0.15) is 0 Å². The van der Waals surface area contributed by atoms with E-state index in [1.165, 1.54) is 0 Å². The minimum absolute atomic E-state index is 0.00258. The van der Waals surface area contributed by atoms with Crippen molar-refractivity contribution in [1.82, 2.24) is 29.2 Å². The lowest BCUT2D eigenvalue weighted by Crippen LogP contribution is -2.40. The molecule has 1 fully saturated rings. The second-order valence-corrected chi connectivity index (χ2v) is 7.27. The van der Waals surface area contributed by atoms with Crippen LogP contribution >= 0.6 is 0 Å². The molecular weight excluding hydrogens is 304 g/mol. The van der Waals surface area contributed by atoms with Gasteiger partial charge in [-0.15, -0.1) is 5.10 Å². The van der Waals surface area contributed by atoms with Gasteiger partial charge in [0.1, 0.15) is 12.2 Å². The molecule has 0 N–H and O–H groups in total. The molecule has 0 aromatic carbocycles. The van der Waals surface area contributed by atoms with Crippen molar-refractivity contribution >= 4 is 5.91 Å². The summed E-state index contributed by atoms with van der Waals surface area (Å²) in [4.78, 5) is 23.6. The average Bonchev–Trinajstić information content (AvgIpc) is 3.22. The molecule has 7 nitrogen and oxygen atoms in total. The monoisotopic (exact) mass is 330 g/mol. The maximum atomic E-state index is 13.0. The summed E-state index contributed by atoms with van der Waals surface area (Å²) in [6.45, 7) is 9.79. The van der Waals surface area contributed by atoms with Crippen molar-refractivity contribution in [2.24, 2.45) is 0 Å². The van der Waals surface area contributed by atoms with E-state index in [4.69, 9.17) is 0 Å². The number of likely N-dealkylation sites (tertiary alicyclic amines) is 1. The third-order valence-electron chi connectivity index (χ3n) is 4.52. The summed E-state index contributed by atoms with van der Waals surface area (Å²) in [7, 11) is 0. The standard InChI is InChI=1S/C17H26N6O/c1-5-21-11-9-18-15(21)13-8-6-7-10-22(13)16(24)14-19-12-23(20-14)17(2,3)4/h9,11-13H,5-8,10H2,1-4H3. The van der Waals surface area contributed by atoms with Gasteiger partial charge in [-0.25, -0.2) is 14.6 Å². The Morgan fingerprint density at radius 2 is 2.08 bits per heavy atom. The quantitative estimate of drug-likeness (QED) is 0.867. The van der Waals surface area contributed by atoms with Gasteiger partial charge in [0.05, 0.1) is 11.6 Å². The van der Waals surface area contributed by atoms with Gasteiger partial charge in [0.25, 0.3) is 5.91 Å². The SMILES string of the molecule is CCn1ccnc1C1CCCCN1C(=O)c1ncn(C(C)(C)C)n1. The molecular formula is C17H26N6O. The summed E-state index contributed by atoms with van der Waals surface area (Å²) < 4.78 is 3.85. The topological polar surface area (TPSA) is 68.8 Å². The fraction of sp³-hybridized carbons (Fsp3) is 0.647. The zero-order valence-corrected chi connectivity index (χ0v) is 14.9. The molecule has 24 heavy (non-hydrogen) atoms. The minimum atomic E-state index is -0.189. The van der Waals surface area contributed by atoms with Gasteiger partial charge in [0.15, 0.2) is 0 Å². The van der Waals surface area contributed by atoms with Crippen LogP contribution in [0.3, 0.4) is 0 Å². The number of carbonyl (C=O) groups excluding carboxylic acids is 1. The molecule has 1 saturated heterocycles. The molecule has 1 unspecified atom stereocenters. The Morgan fingerprint density at radius 1 is 1.29 bits per heavy atom. The second-order valence-electron chi connectivity index (χ2n) is 7.27. The largest absolute Gasteiger partial charge is 0.333 e. The van der Waals surface area contributed by atoms with E-state index < -0.39 is 0 Å². The second kappa shape index (κ2) is 6.37. The molecule has 0 bridgehead atoms. The average molecular weight is 330 g/mol. The molecule has 3 heterocycles. The van der Waals surface area contributed by atoms with Crippen LogP contribution in [0.2, 0.25) is 0 Å². The number of piperidine rings is 1. The first-order valence-electron chi connectivity index (χ1n) is 8.66. The Hall–Kier alpha value is -2.18. The molecule has 3 rings (SSSR count). The van der Waals surface area contributed by atoms with Gasteiger partial charge in [-0.05, 0) is 47.0 Å². The van der Waals surface area contributed by atoms with E-state index >= 15 is 0 Å². The number of amides is 1. The number of carbonyl (C=O) groups is 1. The van der Waals surface area contributed by atoms with Crippen molar-refractivity contribution in [1.29, 1.82) is 0 Å². The number of aromatic nitrogens is 5. The highest BCUT2D eigenvalue weighted by Gasteiger charge is 2.33. The Labute approximate surface area is 142 Å². The number of imidazole rings is 1. The number of rotatable bonds is 3. The van der Waals surface area contributed by atoms with Gasteiger partial charge < -0.3 is 9.47 Å². The molecule has 2 aromatic rings. The van der Waals surface area contributed by atoms with Gasteiger partial charge in [-0.3, -0.25) is 4.79 Å². The first kappa shape index (κ1) is 16.7. The minimum Gasteiger partial charge on any atom is -0.333 e. The van der Waals surface area contributed by atoms with Crippen LogP contribution in [-0.4, -0.2) is 41.7 Å². The maximum Gasteiger partial charge on any atom is 0.294 e. The van der Waals surface area contributed by atoms with Crippen LogP contribution in [0.15, 0.2) is 18.7 Å². The van der Waals surface area contributed by atoms with Crippen molar-refractivity contribution in [2.75, 3.05) is 6.54 Å².